The number of para-hydroxylation sites is 4. The Balaban J connectivity index is 1.14. The molecular weight excluding hydrogens is 785 g/mol. The maximum absolute atomic E-state index is 2.52. The van der Waals surface area contributed by atoms with Crippen LogP contribution in [0.1, 0.15) is 58.4 Å². The summed E-state index contributed by atoms with van der Waals surface area (Å²) in [6.07, 6.45) is 1.84. The summed E-state index contributed by atoms with van der Waals surface area (Å²) >= 11 is 0. The fourth-order valence-electron chi connectivity index (χ4n) is 11.6. The summed E-state index contributed by atoms with van der Waals surface area (Å²) in [4.78, 5) is 4.99. The van der Waals surface area contributed by atoms with Crippen molar-refractivity contribution in [3.8, 4) is 33.4 Å². The van der Waals surface area contributed by atoms with Crippen LogP contribution in [0.2, 0.25) is 0 Å². The van der Waals surface area contributed by atoms with Crippen LogP contribution < -0.4 is 9.80 Å². The second kappa shape index (κ2) is 14.2. The van der Waals surface area contributed by atoms with Gasteiger partial charge in [-0.25, -0.2) is 0 Å². The van der Waals surface area contributed by atoms with Gasteiger partial charge in [-0.15, -0.1) is 0 Å². The lowest BCUT2D eigenvalue weighted by Gasteiger charge is -2.34. The smallest absolute Gasteiger partial charge is 0.0497 e. The highest BCUT2D eigenvalue weighted by molar-refractivity contribution is 6.23. The lowest BCUT2D eigenvalue weighted by atomic mass is 9.80. The van der Waals surface area contributed by atoms with Crippen molar-refractivity contribution in [1.29, 1.82) is 0 Å². The van der Waals surface area contributed by atoms with Crippen LogP contribution in [0.25, 0.3) is 54.9 Å². The molecular formula is C63H48N2. The van der Waals surface area contributed by atoms with E-state index in [1.165, 1.54) is 122 Å². The summed E-state index contributed by atoms with van der Waals surface area (Å²) in [5.74, 6) is 0. The fraction of sp³-hybridized carbons (Fsp3) is 0.111. The van der Waals surface area contributed by atoms with Crippen molar-refractivity contribution in [3.63, 3.8) is 0 Å². The molecule has 0 atom stereocenters. The summed E-state index contributed by atoms with van der Waals surface area (Å²) in [5, 5.41) is 4.99. The largest absolute Gasteiger partial charge is 0.310 e. The van der Waals surface area contributed by atoms with Crippen molar-refractivity contribution < 1.29 is 0 Å². The highest BCUT2D eigenvalue weighted by Gasteiger charge is 2.36. The van der Waals surface area contributed by atoms with Crippen molar-refractivity contribution in [2.45, 2.75) is 46.0 Å². The van der Waals surface area contributed by atoms with E-state index in [0.717, 1.165) is 24.2 Å². The van der Waals surface area contributed by atoms with E-state index in [4.69, 9.17) is 0 Å². The van der Waals surface area contributed by atoms with Crippen molar-refractivity contribution in [1.82, 2.24) is 0 Å². The second-order valence-corrected chi connectivity index (χ2v) is 19.0. The third kappa shape index (κ3) is 5.66. The molecule has 0 aromatic heterocycles. The highest BCUT2D eigenvalue weighted by Crippen LogP contribution is 2.54. The first kappa shape index (κ1) is 37.8. The average Bonchev–Trinajstić information content (AvgIpc) is 3.57. The summed E-state index contributed by atoms with van der Waals surface area (Å²) in [5.41, 5.74) is 25.6. The van der Waals surface area contributed by atoms with Crippen LogP contribution in [-0.2, 0) is 18.3 Å². The van der Waals surface area contributed by atoms with Crippen molar-refractivity contribution >= 4 is 55.7 Å². The molecule has 2 nitrogen and oxygen atoms in total. The fourth-order valence-corrected chi connectivity index (χ4v) is 11.6. The lowest BCUT2D eigenvalue weighted by molar-refractivity contribution is 0.660. The number of fused-ring (bicyclic) bond motifs is 9. The summed E-state index contributed by atoms with van der Waals surface area (Å²) in [7, 11) is 0. The molecule has 0 bridgehead atoms. The van der Waals surface area contributed by atoms with Crippen LogP contribution in [0.15, 0.2) is 194 Å². The Morgan fingerprint density at radius 2 is 0.785 bits per heavy atom. The van der Waals surface area contributed by atoms with Crippen LogP contribution in [0, 0.1) is 13.8 Å². The molecule has 10 aromatic carbocycles. The van der Waals surface area contributed by atoms with Gasteiger partial charge in [0, 0.05) is 52.4 Å². The van der Waals surface area contributed by atoms with Crippen LogP contribution in [-0.4, -0.2) is 0 Å². The molecule has 0 amide bonds. The van der Waals surface area contributed by atoms with E-state index in [0.29, 0.717) is 0 Å². The maximum atomic E-state index is 2.52. The highest BCUT2D eigenvalue weighted by atomic mass is 15.2. The summed E-state index contributed by atoms with van der Waals surface area (Å²) < 4.78 is 0. The Kier molecular flexibility index (Phi) is 8.24. The minimum atomic E-state index is -0.137. The van der Waals surface area contributed by atoms with Gasteiger partial charge in [-0.05, 0) is 168 Å². The van der Waals surface area contributed by atoms with Crippen molar-refractivity contribution in [2.75, 3.05) is 9.80 Å². The van der Waals surface area contributed by atoms with Gasteiger partial charge in [0.2, 0.25) is 0 Å². The van der Waals surface area contributed by atoms with E-state index < -0.39 is 0 Å². The zero-order chi connectivity index (χ0) is 43.6. The minimum absolute atomic E-state index is 0.137. The van der Waals surface area contributed by atoms with Gasteiger partial charge in [-0.2, -0.15) is 0 Å². The number of hydrogen-bond acceptors (Lipinski definition) is 2. The first-order valence-electron chi connectivity index (χ1n) is 23.1. The quantitative estimate of drug-likeness (QED) is 0.163. The summed E-state index contributed by atoms with van der Waals surface area (Å²) in [6, 6.07) is 73.6. The SMILES string of the molecule is Cc1ccc(-c2c3ccc(N4c5ccccc5Cc5ccccc54)cc3c(-c3ccc4c(c3)C(C)(C)c3ccccc3-4)c3ccc(N4c5ccccc5Cc5ccccc54)cc23)cc1C. The molecule has 2 aliphatic heterocycles. The first-order valence-corrected chi connectivity index (χ1v) is 23.1. The Morgan fingerprint density at radius 3 is 1.29 bits per heavy atom. The molecule has 3 aliphatic rings. The van der Waals surface area contributed by atoms with Crippen molar-refractivity contribution in [2.24, 2.45) is 0 Å². The standard InChI is InChI=1S/C63H48N2/c1-39-25-26-45(33-40(39)2)61-51-31-28-48(65-59-23-13-7-17-43(59)35-44-18-8-14-24-60(44)65)38-54(51)62(46-27-30-50-49-19-9-10-20-55(49)63(3,4)56(50)36-46)52-32-29-47(37-53(52)61)64-57-21-11-5-15-41(57)34-42-16-6-12-22-58(42)64/h5-33,36-38H,34-35H2,1-4H3. The molecule has 0 unspecified atom stereocenters. The molecule has 2 heteroatoms. The average molecular weight is 833 g/mol. The van der Waals surface area contributed by atoms with Crippen LogP contribution in [0.3, 0.4) is 0 Å². The van der Waals surface area contributed by atoms with E-state index >= 15 is 0 Å². The van der Waals surface area contributed by atoms with Crippen molar-refractivity contribution in [3.05, 3.63) is 239 Å². The van der Waals surface area contributed by atoms with Gasteiger partial charge >= 0.3 is 0 Å². The molecule has 0 fully saturated rings. The number of nitrogens with zero attached hydrogens (tertiary/aromatic N) is 2. The Morgan fingerprint density at radius 1 is 0.354 bits per heavy atom. The molecule has 0 radical (unpaired) electrons. The molecule has 0 saturated carbocycles. The number of hydrogen-bond donors (Lipinski definition) is 0. The van der Waals surface area contributed by atoms with Gasteiger partial charge in [0.1, 0.15) is 0 Å². The first-order chi connectivity index (χ1) is 31.8. The van der Waals surface area contributed by atoms with E-state index in [1.54, 1.807) is 0 Å². The van der Waals surface area contributed by atoms with Crippen LogP contribution >= 0.6 is 0 Å². The van der Waals surface area contributed by atoms with Gasteiger partial charge < -0.3 is 9.80 Å². The summed E-state index contributed by atoms with van der Waals surface area (Å²) in [6.45, 7) is 9.25. The van der Waals surface area contributed by atoms with Gasteiger partial charge in [-0.3, -0.25) is 0 Å². The molecule has 65 heavy (non-hydrogen) atoms. The van der Waals surface area contributed by atoms with Gasteiger partial charge in [0.15, 0.2) is 0 Å². The number of rotatable bonds is 4. The molecule has 310 valence electrons. The Bertz CT molecular complexity index is 3540. The third-order valence-electron chi connectivity index (χ3n) is 15.0. The number of benzene rings is 10. The predicted molar refractivity (Wildman–Crippen MR) is 274 cm³/mol. The third-order valence-corrected chi connectivity index (χ3v) is 15.0. The number of anilines is 6. The maximum Gasteiger partial charge on any atom is 0.0497 e. The van der Waals surface area contributed by atoms with Gasteiger partial charge in [0.05, 0.1) is 0 Å². The topological polar surface area (TPSA) is 6.48 Å². The van der Waals surface area contributed by atoms with E-state index in [-0.39, 0.29) is 5.41 Å². The molecule has 0 N–H and O–H groups in total. The zero-order valence-electron chi connectivity index (χ0n) is 37.3. The molecule has 10 aromatic rings. The van der Waals surface area contributed by atoms with E-state index in [9.17, 15) is 0 Å². The van der Waals surface area contributed by atoms with E-state index in [1.807, 2.05) is 0 Å². The zero-order valence-corrected chi connectivity index (χ0v) is 37.3. The van der Waals surface area contributed by atoms with Gasteiger partial charge in [-0.1, -0.05) is 153 Å². The van der Waals surface area contributed by atoms with E-state index in [2.05, 4.69) is 232 Å². The molecule has 13 rings (SSSR count). The Hall–Kier alpha value is -7.68. The van der Waals surface area contributed by atoms with Crippen LogP contribution in [0.5, 0.6) is 0 Å². The molecule has 1 aliphatic carbocycles. The molecule has 0 spiro atoms. The normalized spacial score (nSPS) is 14.1. The molecule has 2 heterocycles. The molecule has 0 saturated heterocycles. The predicted octanol–water partition coefficient (Wildman–Crippen LogP) is 17.0. The second-order valence-electron chi connectivity index (χ2n) is 19.0. The van der Waals surface area contributed by atoms with Crippen LogP contribution in [0.4, 0.5) is 34.1 Å². The number of aryl methyl sites for hydroxylation is 2. The van der Waals surface area contributed by atoms with Gasteiger partial charge in [0.25, 0.3) is 0 Å². The monoisotopic (exact) mass is 832 g/mol. The minimum Gasteiger partial charge on any atom is -0.310 e. The lowest BCUT2D eigenvalue weighted by Crippen LogP contribution is -2.18. The Labute approximate surface area is 381 Å².